The van der Waals surface area contributed by atoms with Gasteiger partial charge in [-0.1, -0.05) is 30.8 Å². The van der Waals surface area contributed by atoms with Crippen LogP contribution in [0, 0.1) is 11.3 Å². The molecular formula is C12H15N3O2. The van der Waals surface area contributed by atoms with Crippen molar-refractivity contribution in [3.63, 3.8) is 0 Å². The number of hydrogen-bond donors (Lipinski definition) is 1. The standard InChI is InChI=1S/C12H15N3O2/c13-9-12(6-3-1-2-4-7-12)14-11(16)10-5-8-17-15-10/h5,8H,1-4,6-7H2,(H,14,16). The lowest BCUT2D eigenvalue weighted by Crippen LogP contribution is -2.47. The smallest absolute Gasteiger partial charge is 0.274 e. The molecule has 1 heterocycles. The summed E-state index contributed by atoms with van der Waals surface area (Å²) in [6, 6.07) is 3.76. The summed E-state index contributed by atoms with van der Waals surface area (Å²) < 4.78 is 4.62. The number of nitrogens with one attached hydrogen (secondary N) is 1. The number of carbonyl (C=O) groups is 1. The minimum Gasteiger partial charge on any atom is -0.364 e. The molecule has 1 amide bonds. The molecular weight excluding hydrogens is 218 g/mol. The van der Waals surface area contributed by atoms with Gasteiger partial charge < -0.3 is 9.84 Å². The molecule has 1 aromatic rings. The molecule has 0 atom stereocenters. The second-order valence-corrected chi connectivity index (χ2v) is 4.45. The average molecular weight is 233 g/mol. The van der Waals surface area contributed by atoms with E-state index in [0.717, 1.165) is 25.7 Å². The van der Waals surface area contributed by atoms with Crippen molar-refractivity contribution < 1.29 is 9.32 Å². The summed E-state index contributed by atoms with van der Waals surface area (Å²) in [4.78, 5) is 11.9. The Morgan fingerprint density at radius 3 is 2.65 bits per heavy atom. The normalized spacial score (nSPS) is 19.0. The third kappa shape index (κ3) is 2.64. The Morgan fingerprint density at radius 1 is 1.41 bits per heavy atom. The number of carbonyl (C=O) groups excluding carboxylic acids is 1. The molecule has 5 heteroatoms. The molecule has 0 radical (unpaired) electrons. The number of nitriles is 1. The highest BCUT2D eigenvalue weighted by Gasteiger charge is 2.33. The first-order chi connectivity index (χ1) is 8.26. The quantitative estimate of drug-likeness (QED) is 0.792. The zero-order valence-electron chi connectivity index (χ0n) is 9.61. The van der Waals surface area contributed by atoms with Gasteiger partial charge in [0.2, 0.25) is 0 Å². The molecule has 0 aromatic carbocycles. The summed E-state index contributed by atoms with van der Waals surface area (Å²) in [5, 5.41) is 15.7. The summed E-state index contributed by atoms with van der Waals surface area (Å²) >= 11 is 0. The molecule has 2 rings (SSSR count). The van der Waals surface area contributed by atoms with Gasteiger partial charge in [-0.3, -0.25) is 4.79 Å². The third-order valence-electron chi connectivity index (χ3n) is 3.19. The molecule has 1 saturated carbocycles. The number of nitrogens with zero attached hydrogens (tertiary/aromatic N) is 2. The van der Waals surface area contributed by atoms with E-state index >= 15 is 0 Å². The lowest BCUT2D eigenvalue weighted by Gasteiger charge is -2.25. The van der Waals surface area contributed by atoms with Gasteiger partial charge in [-0.05, 0) is 12.8 Å². The molecule has 1 aromatic heterocycles. The Kier molecular flexibility index (Phi) is 3.43. The molecule has 0 saturated heterocycles. The van der Waals surface area contributed by atoms with E-state index in [0.29, 0.717) is 12.8 Å². The third-order valence-corrected chi connectivity index (χ3v) is 3.19. The van der Waals surface area contributed by atoms with E-state index in [1.807, 2.05) is 0 Å². The van der Waals surface area contributed by atoms with Crippen LogP contribution in [0.3, 0.4) is 0 Å². The summed E-state index contributed by atoms with van der Waals surface area (Å²) in [5.41, 5.74) is -0.504. The van der Waals surface area contributed by atoms with Gasteiger partial charge in [0.05, 0.1) is 6.07 Å². The van der Waals surface area contributed by atoms with Crippen LogP contribution in [0.2, 0.25) is 0 Å². The largest absolute Gasteiger partial charge is 0.364 e. The van der Waals surface area contributed by atoms with Crippen molar-refractivity contribution in [2.45, 2.75) is 44.1 Å². The number of rotatable bonds is 2. The van der Waals surface area contributed by atoms with Crippen molar-refractivity contribution in [2.24, 2.45) is 0 Å². The molecule has 1 N–H and O–H groups in total. The van der Waals surface area contributed by atoms with Crippen LogP contribution >= 0.6 is 0 Å². The van der Waals surface area contributed by atoms with E-state index in [4.69, 9.17) is 0 Å². The summed E-state index contributed by atoms with van der Waals surface area (Å²) in [7, 11) is 0. The van der Waals surface area contributed by atoms with Gasteiger partial charge in [0, 0.05) is 6.07 Å². The topological polar surface area (TPSA) is 78.9 Å². The fraction of sp³-hybridized carbons (Fsp3) is 0.583. The minimum absolute atomic E-state index is 0.226. The lowest BCUT2D eigenvalue weighted by molar-refractivity contribution is 0.0903. The van der Waals surface area contributed by atoms with E-state index in [2.05, 4.69) is 21.1 Å². The molecule has 0 spiro atoms. The highest BCUT2D eigenvalue weighted by atomic mass is 16.5. The molecule has 0 aliphatic heterocycles. The monoisotopic (exact) mass is 233 g/mol. The second-order valence-electron chi connectivity index (χ2n) is 4.45. The zero-order valence-corrected chi connectivity index (χ0v) is 9.61. The maximum atomic E-state index is 11.9. The summed E-state index contributed by atoms with van der Waals surface area (Å²) in [5.74, 6) is -0.331. The first-order valence-electron chi connectivity index (χ1n) is 5.90. The van der Waals surface area contributed by atoms with Crippen LogP contribution in [0.15, 0.2) is 16.9 Å². The Balaban J connectivity index is 2.09. The fourth-order valence-electron chi connectivity index (χ4n) is 2.21. The number of amides is 1. The Morgan fingerprint density at radius 2 is 2.12 bits per heavy atom. The van der Waals surface area contributed by atoms with Gasteiger partial charge >= 0.3 is 0 Å². The average Bonchev–Trinajstić information content (AvgIpc) is 2.78. The van der Waals surface area contributed by atoms with E-state index in [1.165, 1.54) is 12.3 Å². The van der Waals surface area contributed by atoms with Crippen LogP contribution in [0.1, 0.15) is 49.0 Å². The molecule has 5 nitrogen and oxygen atoms in total. The van der Waals surface area contributed by atoms with Crippen LogP contribution < -0.4 is 5.32 Å². The highest BCUT2D eigenvalue weighted by molar-refractivity contribution is 5.92. The van der Waals surface area contributed by atoms with Crippen molar-refractivity contribution in [1.29, 1.82) is 5.26 Å². The van der Waals surface area contributed by atoms with Crippen LogP contribution in [0.4, 0.5) is 0 Å². The Hall–Kier alpha value is -1.83. The predicted molar refractivity (Wildman–Crippen MR) is 60.0 cm³/mol. The van der Waals surface area contributed by atoms with Crippen LogP contribution in [0.25, 0.3) is 0 Å². The lowest BCUT2D eigenvalue weighted by atomic mass is 9.91. The molecule has 1 fully saturated rings. The van der Waals surface area contributed by atoms with E-state index in [9.17, 15) is 10.1 Å². The summed E-state index contributed by atoms with van der Waals surface area (Å²) in [6.45, 7) is 0. The maximum Gasteiger partial charge on any atom is 0.274 e. The van der Waals surface area contributed by atoms with Crippen LogP contribution in [0.5, 0.6) is 0 Å². The highest BCUT2D eigenvalue weighted by Crippen LogP contribution is 2.26. The van der Waals surface area contributed by atoms with E-state index < -0.39 is 5.54 Å². The molecule has 1 aliphatic rings. The van der Waals surface area contributed by atoms with Gasteiger partial charge in [0.1, 0.15) is 11.8 Å². The molecule has 0 unspecified atom stereocenters. The number of hydrogen-bond acceptors (Lipinski definition) is 4. The van der Waals surface area contributed by atoms with Crippen LogP contribution in [-0.2, 0) is 0 Å². The SMILES string of the molecule is N#CC1(NC(=O)c2ccon2)CCCCCC1. The van der Waals surface area contributed by atoms with Crippen molar-refractivity contribution >= 4 is 5.91 Å². The van der Waals surface area contributed by atoms with E-state index in [-0.39, 0.29) is 11.6 Å². The first-order valence-corrected chi connectivity index (χ1v) is 5.90. The summed E-state index contributed by atoms with van der Waals surface area (Å²) in [6.07, 6.45) is 6.99. The van der Waals surface area contributed by atoms with Gasteiger partial charge in [-0.2, -0.15) is 5.26 Å². The van der Waals surface area contributed by atoms with Gasteiger partial charge in [-0.25, -0.2) is 0 Å². The fourth-order valence-corrected chi connectivity index (χ4v) is 2.21. The van der Waals surface area contributed by atoms with Crippen molar-refractivity contribution in [3.8, 4) is 6.07 Å². The molecule has 1 aliphatic carbocycles. The Bertz CT molecular complexity index is 411. The maximum absolute atomic E-state index is 11.9. The molecule has 90 valence electrons. The van der Waals surface area contributed by atoms with Crippen LogP contribution in [-0.4, -0.2) is 16.6 Å². The van der Waals surface area contributed by atoms with Crippen molar-refractivity contribution in [1.82, 2.24) is 10.5 Å². The van der Waals surface area contributed by atoms with Gasteiger partial charge in [0.25, 0.3) is 5.91 Å². The number of aromatic nitrogens is 1. The van der Waals surface area contributed by atoms with Crippen molar-refractivity contribution in [3.05, 3.63) is 18.0 Å². The van der Waals surface area contributed by atoms with Gasteiger partial charge in [0.15, 0.2) is 5.69 Å². The zero-order chi connectivity index (χ0) is 12.1. The minimum atomic E-state index is -0.730. The first kappa shape index (κ1) is 11.6. The van der Waals surface area contributed by atoms with Gasteiger partial charge in [-0.15, -0.1) is 0 Å². The predicted octanol–water partition coefficient (Wildman–Crippen LogP) is 2.02. The molecule has 0 bridgehead atoms. The molecule has 17 heavy (non-hydrogen) atoms. The van der Waals surface area contributed by atoms with E-state index in [1.54, 1.807) is 0 Å². The second kappa shape index (κ2) is 5.00. The Labute approximate surface area is 99.8 Å². The van der Waals surface area contributed by atoms with Crippen molar-refractivity contribution in [2.75, 3.05) is 0 Å².